The van der Waals surface area contributed by atoms with Gasteiger partial charge in [0, 0.05) is 18.7 Å². The molecule has 0 aliphatic carbocycles. The highest BCUT2D eigenvalue weighted by Crippen LogP contribution is 2.23. The lowest BCUT2D eigenvalue weighted by Gasteiger charge is -2.28. The molecule has 3 heterocycles. The predicted molar refractivity (Wildman–Crippen MR) is 109 cm³/mol. The van der Waals surface area contributed by atoms with Gasteiger partial charge in [0.2, 0.25) is 5.95 Å². The van der Waals surface area contributed by atoms with Crippen LogP contribution in [0, 0.1) is 6.92 Å². The number of benzene rings is 1. The summed E-state index contributed by atoms with van der Waals surface area (Å²) in [6.45, 7) is 9.50. The molecule has 1 aromatic carbocycles. The monoisotopic (exact) mass is 361 g/mol. The highest BCUT2D eigenvalue weighted by molar-refractivity contribution is 5.73. The number of ether oxygens (including phenoxy) is 1. The van der Waals surface area contributed by atoms with Crippen LogP contribution in [0.25, 0.3) is 17.0 Å². The highest BCUT2D eigenvalue weighted by Gasteiger charge is 2.12. The third kappa shape index (κ3) is 3.85. The number of anilines is 2. The Bertz CT molecular complexity index is 926. The number of nitrogens with zero attached hydrogens (tertiary/aromatic N) is 3. The average Bonchev–Trinajstić information content (AvgIpc) is 3.17. The number of hydrogen-bond donors (Lipinski definition) is 2. The molecular weight excluding hydrogens is 338 g/mol. The average molecular weight is 361 g/mol. The fourth-order valence-corrected chi connectivity index (χ4v) is 3.18. The Morgan fingerprint density at radius 2 is 1.93 bits per heavy atom. The summed E-state index contributed by atoms with van der Waals surface area (Å²) in [5.41, 5.74) is 5.91. The molecule has 4 rings (SSSR count). The molecule has 1 fully saturated rings. The summed E-state index contributed by atoms with van der Waals surface area (Å²) in [4.78, 5) is 14.5. The quantitative estimate of drug-likeness (QED) is 0.725. The Hall–Kier alpha value is -3.12. The number of aromatic amines is 1. The lowest BCUT2D eigenvalue weighted by Crippen LogP contribution is -2.36. The van der Waals surface area contributed by atoms with Crippen LogP contribution in [0.5, 0.6) is 0 Å². The first kappa shape index (κ1) is 17.3. The van der Waals surface area contributed by atoms with Crippen molar-refractivity contribution in [2.24, 2.45) is 0 Å². The SMILES string of the molecule is C=C(Nc1ncc(-c2ccccc2C)[nH]1)c1ccc(N2CCOCC2)cn1. The van der Waals surface area contributed by atoms with Crippen LogP contribution in [0.3, 0.4) is 0 Å². The second-order valence-corrected chi connectivity index (χ2v) is 6.57. The Kier molecular flexibility index (Phi) is 4.89. The molecule has 0 amide bonds. The zero-order chi connectivity index (χ0) is 18.6. The van der Waals surface area contributed by atoms with E-state index in [0.29, 0.717) is 11.6 Å². The van der Waals surface area contributed by atoms with Gasteiger partial charge in [0.15, 0.2) is 0 Å². The lowest BCUT2D eigenvalue weighted by molar-refractivity contribution is 0.122. The van der Waals surface area contributed by atoms with E-state index in [1.807, 2.05) is 30.6 Å². The smallest absolute Gasteiger partial charge is 0.205 e. The zero-order valence-corrected chi connectivity index (χ0v) is 15.4. The van der Waals surface area contributed by atoms with Crippen LogP contribution in [-0.2, 0) is 4.74 Å². The summed E-state index contributed by atoms with van der Waals surface area (Å²) >= 11 is 0. The number of aryl methyl sites for hydroxylation is 1. The number of H-pyrrole nitrogens is 1. The van der Waals surface area contributed by atoms with Crippen LogP contribution >= 0.6 is 0 Å². The van der Waals surface area contributed by atoms with E-state index in [1.165, 1.54) is 5.56 Å². The summed E-state index contributed by atoms with van der Waals surface area (Å²) < 4.78 is 5.39. The predicted octanol–water partition coefficient (Wildman–Crippen LogP) is 3.70. The molecule has 0 bridgehead atoms. The molecule has 3 aromatic rings. The maximum atomic E-state index is 5.39. The molecule has 1 aliphatic heterocycles. The van der Waals surface area contributed by atoms with Crippen molar-refractivity contribution in [1.82, 2.24) is 15.0 Å². The second kappa shape index (κ2) is 7.63. The van der Waals surface area contributed by atoms with Crippen molar-refractivity contribution in [3.63, 3.8) is 0 Å². The van der Waals surface area contributed by atoms with Crippen molar-refractivity contribution in [3.8, 4) is 11.3 Å². The first-order chi connectivity index (χ1) is 13.2. The van der Waals surface area contributed by atoms with Crippen molar-refractivity contribution in [2.45, 2.75) is 6.92 Å². The topological polar surface area (TPSA) is 66.1 Å². The van der Waals surface area contributed by atoms with E-state index in [2.05, 4.69) is 56.9 Å². The standard InChI is InChI=1S/C21H23N5O/c1-15-5-3-4-6-18(15)20-14-23-21(25-20)24-16(2)19-8-7-17(13-22-19)26-9-11-27-12-10-26/h3-8,13-14H,2,9-12H2,1H3,(H2,23,24,25). The maximum Gasteiger partial charge on any atom is 0.205 e. The second-order valence-electron chi connectivity index (χ2n) is 6.57. The number of pyridine rings is 1. The first-order valence-electron chi connectivity index (χ1n) is 9.07. The molecule has 0 spiro atoms. The van der Waals surface area contributed by atoms with E-state index in [1.54, 1.807) is 0 Å². The highest BCUT2D eigenvalue weighted by atomic mass is 16.5. The summed E-state index contributed by atoms with van der Waals surface area (Å²) in [6.07, 6.45) is 3.71. The van der Waals surface area contributed by atoms with Gasteiger partial charge in [-0.3, -0.25) is 4.98 Å². The summed E-state index contributed by atoms with van der Waals surface area (Å²) in [5.74, 6) is 0.650. The summed E-state index contributed by atoms with van der Waals surface area (Å²) in [7, 11) is 0. The molecule has 0 atom stereocenters. The Morgan fingerprint density at radius 1 is 1.11 bits per heavy atom. The Morgan fingerprint density at radius 3 is 2.67 bits per heavy atom. The van der Waals surface area contributed by atoms with E-state index in [9.17, 15) is 0 Å². The van der Waals surface area contributed by atoms with E-state index in [0.717, 1.165) is 48.9 Å². The van der Waals surface area contributed by atoms with E-state index < -0.39 is 0 Å². The third-order valence-electron chi connectivity index (χ3n) is 4.71. The molecule has 0 saturated carbocycles. The Labute approximate surface area is 158 Å². The molecule has 2 aromatic heterocycles. The number of hydrogen-bond acceptors (Lipinski definition) is 5. The largest absolute Gasteiger partial charge is 0.378 e. The molecule has 0 unspecified atom stereocenters. The molecule has 2 N–H and O–H groups in total. The number of imidazole rings is 1. The number of rotatable bonds is 5. The van der Waals surface area contributed by atoms with Gasteiger partial charge < -0.3 is 19.9 Å². The van der Waals surface area contributed by atoms with Gasteiger partial charge in [0.1, 0.15) is 0 Å². The number of aromatic nitrogens is 3. The molecule has 1 aliphatic rings. The molecular formula is C21H23N5O. The van der Waals surface area contributed by atoms with E-state index in [-0.39, 0.29) is 0 Å². The van der Waals surface area contributed by atoms with Crippen molar-refractivity contribution in [3.05, 3.63) is 66.6 Å². The van der Waals surface area contributed by atoms with Gasteiger partial charge >= 0.3 is 0 Å². The molecule has 6 nitrogen and oxygen atoms in total. The maximum absolute atomic E-state index is 5.39. The third-order valence-corrected chi connectivity index (χ3v) is 4.71. The minimum Gasteiger partial charge on any atom is -0.378 e. The first-order valence-corrected chi connectivity index (χ1v) is 9.07. The van der Waals surface area contributed by atoms with Gasteiger partial charge in [0.25, 0.3) is 0 Å². The lowest BCUT2D eigenvalue weighted by atomic mass is 10.1. The van der Waals surface area contributed by atoms with Crippen LogP contribution in [0.2, 0.25) is 0 Å². The molecule has 0 radical (unpaired) electrons. The van der Waals surface area contributed by atoms with Crippen molar-refractivity contribution in [1.29, 1.82) is 0 Å². The fourth-order valence-electron chi connectivity index (χ4n) is 3.18. The minimum absolute atomic E-state index is 0.650. The van der Waals surface area contributed by atoms with Gasteiger partial charge in [-0.2, -0.15) is 0 Å². The summed E-state index contributed by atoms with van der Waals surface area (Å²) in [5, 5.41) is 3.21. The van der Waals surface area contributed by atoms with Gasteiger partial charge in [-0.05, 0) is 24.6 Å². The fraction of sp³-hybridized carbons (Fsp3) is 0.238. The van der Waals surface area contributed by atoms with Gasteiger partial charge in [-0.1, -0.05) is 30.8 Å². The van der Waals surface area contributed by atoms with Gasteiger partial charge in [0.05, 0.1) is 48.4 Å². The Balaban J connectivity index is 1.44. The summed E-state index contributed by atoms with van der Waals surface area (Å²) in [6, 6.07) is 12.3. The van der Waals surface area contributed by atoms with Crippen LogP contribution < -0.4 is 10.2 Å². The van der Waals surface area contributed by atoms with Crippen LogP contribution in [0.1, 0.15) is 11.3 Å². The minimum atomic E-state index is 0.650. The number of nitrogens with one attached hydrogen (secondary N) is 2. The van der Waals surface area contributed by atoms with Crippen molar-refractivity contribution in [2.75, 3.05) is 36.5 Å². The van der Waals surface area contributed by atoms with Crippen molar-refractivity contribution < 1.29 is 4.74 Å². The molecule has 6 heteroatoms. The van der Waals surface area contributed by atoms with E-state index >= 15 is 0 Å². The number of morpholine rings is 1. The normalized spacial score (nSPS) is 14.2. The van der Waals surface area contributed by atoms with Crippen LogP contribution in [-0.4, -0.2) is 41.3 Å². The molecule has 1 saturated heterocycles. The van der Waals surface area contributed by atoms with Crippen molar-refractivity contribution >= 4 is 17.3 Å². The van der Waals surface area contributed by atoms with Gasteiger partial charge in [-0.15, -0.1) is 0 Å². The van der Waals surface area contributed by atoms with Gasteiger partial charge in [-0.25, -0.2) is 4.98 Å². The molecule has 138 valence electrons. The van der Waals surface area contributed by atoms with E-state index in [4.69, 9.17) is 4.74 Å². The molecule has 27 heavy (non-hydrogen) atoms. The zero-order valence-electron chi connectivity index (χ0n) is 15.4. The van der Waals surface area contributed by atoms with Crippen LogP contribution in [0.15, 0.2) is 55.4 Å². The van der Waals surface area contributed by atoms with Crippen LogP contribution in [0.4, 0.5) is 11.6 Å².